The number of hydrogen-bond acceptors (Lipinski definition) is 3. The minimum Gasteiger partial charge on any atom is -0.469 e. The summed E-state index contributed by atoms with van der Waals surface area (Å²) in [5.41, 5.74) is 0.835. The van der Waals surface area contributed by atoms with Gasteiger partial charge in [0, 0.05) is 17.9 Å². The minimum absolute atomic E-state index is 0.0245. The molecule has 3 heteroatoms. The van der Waals surface area contributed by atoms with Crippen molar-refractivity contribution in [3.8, 4) is 0 Å². The number of carbonyl (C=O) groups excluding carboxylic acids is 2. The maximum Gasteiger partial charge on any atom is 0.311 e. The van der Waals surface area contributed by atoms with Crippen LogP contribution in [0, 0.1) is 5.41 Å². The van der Waals surface area contributed by atoms with Crippen LogP contribution in [0.5, 0.6) is 0 Å². The summed E-state index contributed by atoms with van der Waals surface area (Å²) in [6.45, 7) is 3.66. The van der Waals surface area contributed by atoms with Crippen molar-refractivity contribution in [3.63, 3.8) is 0 Å². The summed E-state index contributed by atoms with van der Waals surface area (Å²) >= 11 is 0. The van der Waals surface area contributed by atoms with Crippen molar-refractivity contribution in [2.75, 3.05) is 7.11 Å². The number of ketones is 1. The van der Waals surface area contributed by atoms with Crippen LogP contribution in [-0.2, 0) is 9.53 Å². The van der Waals surface area contributed by atoms with Gasteiger partial charge in [-0.15, -0.1) is 0 Å². The first-order chi connectivity index (χ1) is 11.0. The van der Waals surface area contributed by atoms with Crippen molar-refractivity contribution in [1.82, 2.24) is 0 Å². The quantitative estimate of drug-likeness (QED) is 0.592. The molecular formula is C20H22O3. The predicted molar refractivity (Wildman–Crippen MR) is 90.4 cm³/mol. The van der Waals surface area contributed by atoms with E-state index in [-0.39, 0.29) is 24.1 Å². The molecule has 0 N–H and O–H groups in total. The Kier molecular flexibility index (Phi) is 5.32. The van der Waals surface area contributed by atoms with E-state index in [1.807, 2.05) is 62.4 Å². The molecule has 23 heavy (non-hydrogen) atoms. The maximum atomic E-state index is 12.6. The van der Waals surface area contributed by atoms with Crippen molar-refractivity contribution in [2.45, 2.75) is 26.2 Å². The van der Waals surface area contributed by atoms with Crippen LogP contribution in [0.1, 0.15) is 42.1 Å². The van der Waals surface area contributed by atoms with E-state index in [4.69, 9.17) is 4.74 Å². The van der Waals surface area contributed by atoms with Crippen molar-refractivity contribution in [2.24, 2.45) is 5.41 Å². The van der Waals surface area contributed by atoms with E-state index in [0.29, 0.717) is 5.56 Å². The largest absolute Gasteiger partial charge is 0.469 e. The standard InChI is InChI=1S/C20H22O3/c1-20(2,19(22)23-3)17(15-10-6-4-7-11-15)14-18(21)16-12-8-5-9-13-16/h4-13,17H,14H2,1-3H3. The molecule has 3 nitrogen and oxygen atoms in total. The highest BCUT2D eigenvalue weighted by molar-refractivity contribution is 5.97. The van der Waals surface area contributed by atoms with Gasteiger partial charge in [0.1, 0.15) is 0 Å². The van der Waals surface area contributed by atoms with Crippen LogP contribution in [0.4, 0.5) is 0 Å². The SMILES string of the molecule is COC(=O)C(C)(C)C(CC(=O)c1ccccc1)c1ccccc1. The monoisotopic (exact) mass is 310 g/mol. The summed E-state index contributed by atoms with van der Waals surface area (Å²) in [6.07, 6.45) is 0.260. The molecule has 0 aliphatic carbocycles. The molecule has 0 bridgehead atoms. The van der Waals surface area contributed by atoms with E-state index in [0.717, 1.165) is 5.56 Å². The summed E-state index contributed by atoms with van der Waals surface area (Å²) in [4.78, 5) is 24.9. The average molecular weight is 310 g/mol. The second-order valence-electron chi connectivity index (χ2n) is 6.17. The third-order valence-corrected chi connectivity index (χ3v) is 4.27. The first kappa shape index (κ1) is 16.9. The van der Waals surface area contributed by atoms with E-state index >= 15 is 0 Å². The van der Waals surface area contributed by atoms with Gasteiger partial charge in [0.05, 0.1) is 12.5 Å². The van der Waals surface area contributed by atoms with Crippen LogP contribution in [-0.4, -0.2) is 18.9 Å². The first-order valence-corrected chi connectivity index (χ1v) is 7.68. The number of esters is 1. The molecule has 0 heterocycles. The molecule has 2 rings (SSSR count). The number of Topliss-reactive ketones (excluding diaryl/α,β-unsaturated/α-hetero) is 1. The molecule has 0 aliphatic heterocycles. The predicted octanol–water partition coefficient (Wildman–Crippen LogP) is 4.24. The molecule has 0 spiro atoms. The molecule has 120 valence electrons. The number of ether oxygens (including phenoxy) is 1. The van der Waals surface area contributed by atoms with E-state index in [1.54, 1.807) is 12.1 Å². The molecule has 0 radical (unpaired) electrons. The zero-order valence-corrected chi connectivity index (χ0v) is 13.8. The molecule has 0 amide bonds. The van der Waals surface area contributed by atoms with E-state index in [2.05, 4.69) is 0 Å². The van der Waals surface area contributed by atoms with E-state index in [1.165, 1.54) is 7.11 Å². The molecule has 2 aromatic carbocycles. The molecular weight excluding hydrogens is 288 g/mol. The summed E-state index contributed by atoms with van der Waals surface area (Å²) in [6, 6.07) is 18.8. The summed E-state index contributed by atoms with van der Waals surface area (Å²) in [5, 5.41) is 0. The molecule has 0 aliphatic rings. The highest BCUT2D eigenvalue weighted by atomic mass is 16.5. The third kappa shape index (κ3) is 3.86. The fourth-order valence-electron chi connectivity index (χ4n) is 2.81. The van der Waals surface area contributed by atoms with Crippen LogP contribution in [0.15, 0.2) is 60.7 Å². The van der Waals surface area contributed by atoms with Crippen molar-refractivity contribution < 1.29 is 14.3 Å². The Morgan fingerprint density at radius 1 is 0.957 bits per heavy atom. The van der Waals surface area contributed by atoms with Gasteiger partial charge in [-0.05, 0) is 19.4 Å². The summed E-state index contributed by atoms with van der Waals surface area (Å²) in [7, 11) is 1.38. The van der Waals surface area contributed by atoms with Crippen LogP contribution >= 0.6 is 0 Å². The van der Waals surface area contributed by atoms with E-state index in [9.17, 15) is 9.59 Å². The topological polar surface area (TPSA) is 43.4 Å². The Balaban J connectivity index is 2.35. The van der Waals surface area contributed by atoms with Gasteiger partial charge in [-0.2, -0.15) is 0 Å². The van der Waals surface area contributed by atoms with Gasteiger partial charge in [0.25, 0.3) is 0 Å². The van der Waals surface area contributed by atoms with Gasteiger partial charge in [0.2, 0.25) is 0 Å². The lowest BCUT2D eigenvalue weighted by Gasteiger charge is -2.32. The summed E-state index contributed by atoms with van der Waals surface area (Å²) in [5.74, 6) is -0.535. The Labute approximate surface area is 137 Å². The second-order valence-corrected chi connectivity index (χ2v) is 6.17. The van der Waals surface area contributed by atoms with Crippen LogP contribution in [0.25, 0.3) is 0 Å². The fourth-order valence-corrected chi connectivity index (χ4v) is 2.81. The van der Waals surface area contributed by atoms with Gasteiger partial charge in [0.15, 0.2) is 5.78 Å². The van der Waals surface area contributed by atoms with Gasteiger partial charge in [-0.1, -0.05) is 60.7 Å². The lowest BCUT2D eigenvalue weighted by Crippen LogP contribution is -2.34. The second kappa shape index (κ2) is 7.23. The van der Waals surface area contributed by atoms with Crippen LogP contribution < -0.4 is 0 Å². The fraction of sp³-hybridized carbons (Fsp3) is 0.300. The highest BCUT2D eigenvalue weighted by Gasteiger charge is 2.39. The smallest absolute Gasteiger partial charge is 0.311 e. The Hall–Kier alpha value is -2.42. The molecule has 2 aromatic rings. The molecule has 0 saturated heterocycles. The number of carbonyl (C=O) groups is 2. The number of benzene rings is 2. The molecule has 0 aromatic heterocycles. The van der Waals surface area contributed by atoms with Gasteiger partial charge < -0.3 is 4.74 Å². The molecule has 1 unspecified atom stereocenters. The van der Waals surface area contributed by atoms with Gasteiger partial charge in [-0.25, -0.2) is 0 Å². The Morgan fingerprint density at radius 3 is 2.00 bits per heavy atom. The summed E-state index contributed by atoms with van der Waals surface area (Å²) < 4.78 is 4.95. The van der Waals surface area contributed by atoms with Crippen molar-refractivity contribution >= 4 is 11.8 Å². The number of rotatable bonds is 6. The van der Waals surface area contributed by atoms with Crippen molar-refractivity contribution in [1.29, 1.82) is 0 Å². The lowest BCUT2D eigenvalue weighted by atomic mass is 9.72. The molecule has 1 atom stereocenters. The molecule has 0 saturated carbocycles. The van der Waals surface area contributed by atoms with Crippen molar-refractivity contribution in [3.05, 3.63) is 71.8 Å². The molecule has 0 fully saturated rings. The first-order valence-electron chi connectivity index (χ1n) is 7.68. The normalized spacial score (nSPS) is 12.5. The minimum atomic E-state index is -0.791. The Morgan fingerprint density at radius 2 is 1.48 bits per heavy atom. The lowest BCUT2D eigenvalue weighted by molar-refractivity contribution is -0.152. The highest BCUT2D eigenvalue weighted by Crippen LogP contribution is 2.39. The third-order valence-electron chi connectivity index (χ3n) is 4.27. The average Bonchev–Trinajstić information content (AvgIpc) is 2.60. The Bertz CT molecular complexity index is 660. The van der Waals surface area contributed by atoms with Gasteiger partial charge in [-0.3, -0.25) is 9.59 Å². The zero-order chi connectivity index (χ0) is 16.9. The maximum absolute atomic E-state index is 12.6. The zero-order valence-electron chi connectivity index (χ0n) is 13.8. The number of hydrogen-bond donors (Lipinski definition) is 0. The van der Waals surface area contributed by atoms with Crippen LogP contribution in [0.3, 0.4) is 0 Å². The van der Waals surface area contributed by atoms with Crippen LogP contribution in [0.2, 0.25) is 0 Å². The number of methoxy groups -OCH3 is 1. The van der Waals surface area contributed by atoms with E-state index < -0.39 is 5.41 Å². The van der Waals surface area contributed by atoms with Gasteiger partial charge >= 0.3 is 5.97 Å².